The Morgan fingerprint density at radius 3 is 1.48 bits per heavy atom. The second-order valence-corrected chi connectivity index (χ2v) is 5.64. The SMILES string of the molecule is COC(C)(C)C#C/C=C(\F)COC/C(F)=C/C#CC(C)(C)OC. The molecular formula is C18H24F2O3. The fraction of sp³-hybridized carbons (Fsp3) is 0.556. The predicted molar refractivity (Wildman–Crippen MR) is 86.9 cm³/mol. The van der Waals surface area contributed by atoms with Crippen molar-refractivity contribution >= 4 is 0 Å². The van der Waals surface area contributed by atoms with E-state index in [4.69, 9.17) is 14.2 Å². The van der Waals surface area contributed by atoms with Crippen molar-refractivity contribution in [3.8, 4) is 23.7 Å². The van der Waals surface area contributed by atoms with E-state index in [9.17, 15) is 8.78 Å². The highest BCUT2D eigenvalue weighted by molar-refractivity contribution is 5.24. The summed E-state index contributed by atoms with van der Waals surface area (Å²) < 4.78 is 41.8. The summed E-state index contributed by atoms with van der Waals surface area (Å²) in [6.07, 6.45) is 2.15. The first-order valence-corrected chi connectivity index (χ1v) is 7.04. The molecule has 0 heterocycles. The summed E-state index contributed by atoms with van der Waals surface area (Å²) in [6, 6.07) is 0. The third kappa shape index (κ3) is 11.5. The maximum absolute atomic E-state index is 13.4. The maximum Gasteiger partial charge on any atom is 0.134 e. The van der Waals surface area contributed by atoms with Crippen molar-refractivity contribution in [2.24, 2.45) is 0 Å². The van der Waals surface area contributed by atoms with Crippen molar-refractivity contribution in [2.45, 2.75) is 38.9 Å². The van der Waals surface area contributed by atoms with Crippen LogP contribution in [0.3, 0.4) is 0 Å². The first-order valence-electron chi connectivity index (χ1n) is 7.04. The Balaban J connectivity index is 4.34. The van der Waals surface area contributed by atoms with E-state index >= 15 is 0 Å². The number of hydrogen-bond donors (Lipinski definition) is 0. The molecule has 0 N–H and O–H groups in total. The van der Waals surface area contributed by atoms with Crippen LogP contribution in [0, 0.1) is 23.7 Å². The molecule has 0 aromatic rings. The number of methoxy groups -OCH3 is 2. The van der Waals surface area contributed by atoms with Crippen LogP contribution < -0.4 is 0 Å². The minimum Gasteiger partial charge on any atom is -0.367 e. The van der Waals surface area contributed by atoms with E-state index in [2.05, 4.69) is 23.7 Å². The lowest BCUT2D eigenvalue weighted by Crippen LogP contribution is -2.19. The molecule has 0 saturated heterocycles. The monoisotopic (exact) mass is 326 g/mol. The van der Waals surface area contributed by atoms with Gasteiger partial charge >= 0.3 is 0 Å². The first-order chi connectivity index (χ1) is 10.6. The topological polar surface area (TPSA) is 27.7 Å². The van der Waals surface area contributed by atoms with E-state index in [1.165, 1.54) is 14.2 Å². The average Bonchev–Trinajstić information content (AvgIpc) is 2.47. The summed E-state index contributed by atoms with van der Waals surface area (Å²) in [5.41, 5.74) is -1.30. The van der Waals surface area contributed by atoms with Gasteiger partial charge in [-0.05, 0) is 27.7 Å². The van der Waals surface area contributed by atoms with Gasteiger partial charge < -0.3 is 14.2 Å². The Kier molecular flexibility index (Phi) is 9.44. The lowest BCUT2D eigenvalue weighted by molar-refractivity contribution is 0.0739. The van der Waals surface area contributed by atoms with Gasteiger partial charge in [0.05, 0.1) is 13.2 Å². The van der Waals surface area contributed by atoms with Crippen molar-refractivity contribution < 1.29 is 23.0 Å². The van der Waals surface area contributed by atoms with Gasteiger partial charge in [-0.1, -0.05) is 23.7 Å². The van der Waals surface area contributed by atoms with Crippen molar-refractivity contribution in [1.82, 2.24) is 0 Å². The van der Waals surface area contributed by atoms with Crippen molar-refractivity contribution in [1.29, 1.82) is 0 Å². The Hall–Kier alpha value is -1.66. The normalized spacial score (nSPS) is 13.0. The molecular weight excluding hydrogens is 302 g/mol. The molecule has 0 rings (SSSR count). The number of halogens is 2. The Bertz CT molecular complexity index is 502. The quantitative estimate of drug-likeness (QED) is 0.699. The molecule has 3 nitrogen and oxygen atoms in total. The Morgan fingerprint density at radius 1 is 0.826 bits per heavy atom. The van der Waals surface area contributed by atoms with Crippen LogP contribution in [-0.4, -0.2) is 38.6 Å². The van der Waals surface area contributed by atoms with Gasteiger partial charge in [0.15, 0.2) is 0 Å². The third-order valence-electron chi connectivity index (χ3n) is 2.70. The van der Waals surface area contributed by atoms with Crippen LogP contribution >= 0.6 is 0 Å². The van der Waals surface area contributed by atoms with Crippen LogP contribution in [-0.2, 0) is 14.2 Å². The summed E-state index contributed by atoms with van der Waals surface area (Å²) in [6.45, 7) is 6.31. The van der Waals surface area contributed by atoms with E-state index in [-0.39, 0.29) is 13.2 Å². The van der Waals surface area contributed by atoms with Crippen LogP contribution in [0.5, 0.6) is 0 Å². The van der Waals surface area contributed by atoms with Gasteiger partial charge in [0.1, 0.15) is 22.9 Å². The lowest BCUT2D eigenvalue weighted by Gasteiger charge is -2.13. The number of rotatable bonds is 6. The Labute approximate surface area is 137 Å². The highest BCUT2D eigenvalue weighted by Gasteiger charge is 2.11. The van der Waals surface area contributed by atoms with Crippen LogP contribution in [0.15, 0.2) is 23.8 Å². The van der Waals surface area contributed by atoms with E-state index in [1.807, 2.05) is 0 Å². The number of ether oxygens (including phenoxy) is 3. The predicted octanol–water partition coefficient (Wildman–Crippen LogP) is 3.57. The van der Waals surface area contributed by atoms with Crippen molar-refractivity contribution in [2.75, 3.05) is 27.4 Å². The van der Waals surface area contributed by atoms with Crippen LogP contribution in [0.2, 0.25) is 0 Å². The van der Waals surface area contributed by atoms with Gasteiger partial charge in [0, 0.05) is 26.4 Å². The standard InChI is InChI=1S/C18H24F2O3/c1-17(2,21-5)11-7-9-15(19)13-23-14-16(20)10-8-12-18(3,4)22-6/h9-10H,13-14H2,1-6H3/b15-9-,16-10-. The van der Waals surface area contributed by atoms with Crippen LogP contribution in [0.1, 0.15) is 27.7 Å². The molecule has 0 atom stereocenters. The molecule has 0 saturated carbocycles. The highest BCUT2D eigenvalue weighted by atomic mass is 19.1. The lowest BCUT2D eigenvalue weighted by atomic mass is 10.1. The minimum atomic E-state index is -0.652. The highest BCUT2D eigenvalue weighted by Crippen LogP contribution is 2.06. The molecule has 0 aliphatic carbocycles. The summed E-state index contributed by atoms with van der Waals surface area (Å²) in [4.78, 5) is 0. The molecule has 0 radical (unpaired) electrons. The number of hydrogen-bond acceptors (Lipinski definition) is 3. The van der Waals surface area contributed by atoms with Gasteiger partial charge in [0.25, 0.3) is 0 Å². The first kappa shape index (κ1) is 21.3. The molecule has 0 aliphatic rings. The fourth-order valence-electron chi connectivity index (χ4n) is 1.01. The van der Waals surface area contributed by atoms with E-state index in [1.54, 1.807) is 27.7 Å². The van der Waals surface area contributed by atoms with E-state index in [0.29, 0.717) is 0 Å². The zero-order valence-electron chi connectivity index (χ0n) is 14.5. The molecule has 0 spiro atoms. The largest absolute Gasteiger partial charge is 0.367 e. The smallest absolute Gasteiger partial charge is 0.134 e. The van der Waals surface area contributed by atoms with Gasteiger partial charge in [-0.15, -0.1) is 0 Å². The molecule has 0 fully saturated rings. The molecule has 0 aromatic carbocycles. The third-order valence-corrected chi connectivity index (χ3v) is 2.70. The average molecular weight is 326 g/mol. The molecule has 0 unspecified atom stereocenters. The zero-order valence-corrected chi connectivity index (χ0v) is 14.5. The van der Waals surface area contributed by atoms with Crippen molar-refractivity contribution in [3.63, 3.8) is 0 Å². The molecule has 0 aromatic heterocycles. The molecule has 0 bridgehead atoms. The maximum atomic E-state index is 13.4. The van der Waals surface area contributed by atoms with E-state index in [0.717, 1.165) is 12.2 Å². The summed E-state index contributed by atoms with van der Waals surface area (Å²) in [5, 5.41) is 0. The fourth-order valence-corrected chi connectivity index (χ4v) is 1.01. The summed E-state index contributed by atoms with van der Waals surface area (Å²) in [7, 11) is 3.03. The van der Waals surface area contributed by atoms with Gasteiger partial charge in [-0.25, -0.2) is 8.78 Å². The minimum absolute atomic E-state index is 0.361. The summed E-state index contributed by atoms with van der Waals surface area (Å²) >= 11 is 0. The second-order valence-electron chi connectivity index (χ2n) is 5.64. The molecule has 0 aliphatic heterocycles. The second kappa shape index (κ2) is 10.2. The van der Waals surface area contributed by atoms with Crippen molar-refractivity contribution in [3.05, 3.63) is 23.8 Å². The molecule has 0 amide bonds. The van der Waals surface area contributed by atoms with Crippen LogP contribution in [0.4, 0.5) is 8.78 Å². The van der Waals surface area contributed by atoms with Crippen LogP contribution in [0.25, 0.3) is 0 Å². The molecule has 128 valence electrons. The molecule has 23 heavy (non-hydrogen) atoms. The Morgan fingerprint density at radius 2 is 1.17 bits per heavy atom. The molecule has 5 heteroatoms. The van der Waals surface area contributed by atoms with Gasteiger partial charge in [-0.2, -0.15) is 0 Å². The number of allylic oxidation sites excluding steroid dienone is 2. The summed E-state index contributed by atoms with van der Waals surface area (Å²) in [5.74, 6) is 9.34. The zero-order chi connectivity index (χ0) is 17.9. The van der Waals surface area contributed by atoms with Gasteiger partial charge in [-0.3, -0.25) is 0 Å². The van der Waals surface area contributed by atoms with E-state index < -0.39 is 22.9 Å². The van der Waals surface area contributed by atoms with Gasteiger partial charge in [0.2, 0.25) is 0 Å².